The summed E-state index contributed by atoms with van der Waals surface area (Å²) in [6, 6.07) is 4.74. The molecule has 98 valence electrons. The normalized spacial score (nSPS) is 30.6. The van der Waals surface area contributed by atoms with Crippen LogP contribution >= 0.6 is 0 Å². The highest BCUT2D eigenvalue weighted by Gasteiger charge is 2.41. The predicted molar refractivity (Wildman–Crippen MR) is 69.9 cm³/mol. The van der Waals surface area contributed by atoms with E-state index >= 15 is 0 Å². The van der Waals surface area contributed by atoms with Crippen LogP contribution in [0.5, 0.6) is 5.75 Å². The quantitative estimate of drug-likeness (QED) is 0.888. The summed E-state index contributed by atoms with van der Waals surface area (Å²) in [7, 11) is 0. The monoisotopic (exact) mass is 248 g/mol. The van der Waals surface area contributed by atoms with Gasteiger partial charge in [-0.15, -0.1) is 0 Å². The molecule has 2 aliphatic heterocycles. The Kier molecular flexibility index (Phi) is 3.12. The number of fused-ring (bicyclic) bond motifs is 2. The predicted octanol–water partition coefficient (Wildman–Crippen LogP) is 1.97. The number of ether oxygens (including phenoxy) is 1. The zero-order valence-electron chi connectivity index (χ0n) is 10.7. The molecule has 2 aliphatic rings. The molecule has 2 atom stereocenters. The van der Waals surface area contributed by atoms with E-state index in [1.807, 2.05) is 25.3 Å². The molecule has 2 saturated heterocycles. The van der Waals surface area contributed by atoms with Crippen molar-refractivity contribution in [2.24, 2.45) is 0 Å². The highest BCUT2D eigenvalue weighted by atomic mass is 16.5. The van der Waals surface area contributed by atoms with Crippen LogP contribution in [-0.2, 0) is 0 Å². The highest BCUT2D eigenvalue weighted by Crippen LogP contribution is 2.41. The topological polar surface area (TPSA) is 45.6 Å². The number of hydrogen-bond donors (Lipinski definition) is 1. The van der Waals surface area contributed by atoms with Gasteiger partial charge in [-0.25, -0.2) is 4.98 Å². The molecular weight excluding hydrogens is 228 g/mol. The maximum absolute atomic E-state index is 9.85. The first kappa shape index (κ1) is 11.8. The Morgan fingerprint density at radius 1 is 1.39 bits per heavy atom. The summed E-state index contributed by atoms with van der Waals surface area (Å²) >= 11 is 0. The zero-order chi connectivity index (χ0) is 12.5. The second-order valence-electron chi connectivity index (χ2n) is 5.18. The molecule has 0 radical (unpaired) electrons. The minimum Gasteiger partial charge on any atom is -0.490 e. The van der Waals surface area contributed by atoms with E-state index in [1.54, 1.807) is 0 Å². The average molecular weight is 248 g/mol. The van der Waals surface area contributed by atoms with Gasteiger partial charge in [0.15, 0.2) is 11.6 Å². The number of aliphatic hydroxyl groups excluding tert-OH is 1. The van der Waals surface area contributed by atoms with Crippen molar-refractivity contribution in [3.05, 3.63) is 18.3 Å². The number of piperidine rings is 1. The van der Waals surface area contributed by atoms with Gasteiger partial charge in [-0.3, -0.25) is 0 Å². The second kappa shape index (κ2) is 4.76. The summed E-state index contributed by atoms with van der Waals surface area (Å²) in [6.45, 7) is 2.65. The number of aromatic nitrogens is 1. The van der Waals surface area contributed by atoms with Crippen molar-refractivity contribution in [2.45, 2.75) is 50.8 Å². The number of pyridine rings is 1. The van der Waals surface area contributed by atoms with Crippen molar-refractivity contribution in [1.82, 2.24) is 4.98 Å². The van der Waals surface area contributed by atoms with Gasteiger partial charge in [0.05, 0.1) is 12.7 Å². The molecule has 2 unspecified atom stereocenters. The van der Waals surface area contributed by atoms with Crippen LogP contribution in [0, 0.1) is 0 Å². The highest BCUT2D eigenvalue weighted by molar-refractivity contribution is 5.55. The van der Waals surface area contributed by atoms with Gasteiger partial charge in [0.1, 0.15) is 0 Å². The minimum atomic E-state index is -0.141. The fraction of sp³-hybridized carbons (Fsp3) is 0.643. The Morgan fingerprint density at radius 2 is 2.11 bits per heavy atom. The van der Waals surface area contributed by atoms with E-state index < -0.39 is 0 Å². The Morgan fingerprint density at radius 3 is 2.78 bits per heavy atom. The third-order valence-corrected chi connectivity index (χ3v) is 4.00. The Bertz CT molecular complexity index is 410. The lowest BCUT2D eigenvalue weighted by atomic mass is 10.00. The van der Waals surface area contributed by atoms with E-state index in [2.05, 4.69) is 9.88 Å². The van der Waals surface area contributed by atoms with Crippen molar-refractivity contribution in [2.75, 3.05) is 11.5 Å². The molecular formula is C14H20N2O2. The molecule has 1 aromatic heterocycles. The van der Waals surface area contributed by atoms with E-state index in [-0.39, 0.29) is 6.10 Å². The first-order valence-corrected chi connectivity index (χ1v) is 6.83. The van der Waals surface area contributed by atoms with Crippen LogP contribution in [-0.4, -0.2) is 34.9 Å². The smallest absolute Gasteiger partial charge is 0.171 e. The largest absolute Gasteiger partial charge is 0.490 e. The summed E-state index contributed by atoms with van der Waals surface area (Å²) in [5, 5.41) is 9.85. The van der Waals surface area contributed by atoms with Gasteiger partial charge < -0.3 is 14.7 Å². The number of rotatable bonds is 3. The zero-order valence-corrected chi connectivity index (χ0v) is 10.7. The molecule has 4 heteroatoms. The molecule has 0 amide bonds. The van der Waals surface area contributed by atoms with Crippen LogP contribution in [0.1, 0.15) is 32.6 Å². The Balaban J connectivity index is 1.91. The first-order chi connectivity index (χ1) is 8.79. The van der Waals surface area contributed by atoms with E-state index in [9.17, 15) is 5.11 Å². The number of hydrogen-bond acceptors (Lipinski definition) is 4. The molecule has 0 aromatic carbocycles. The summed E-state index contributed by atoms with van der Waals surface area (Å²) in [4.78, 5) is 6.88. The summed E-state index contributed by atoms with van der Waals surface area (Å²) in [5.74, 6) is 1.83. The molecule has 0 aliphatic carbocycles. The third-order valence-electron chi connectivity index (χ3n) is 4.00. The van der Waals surface area contributed by atoms with Crippen molar-refractivity contribution in [3.63, 3.8) is 0 Å². The molecule has 1 N–H and O–H groups in total. The van der Waals surface area contributed by atoms with Crippen LogP contribution < -0.4 is 9.64 Å². The lowest BCUT2D eigenvalue weighted by molar-refractivity contribution is 0.125. The van der Waals surface area contributed by atoms with Gasteiger partial charge in [0, 0.05) is 18.3 Å². The van der Waals surface area contributed by atoms with E-state index in [1.165, 1.54) is 0 Å². The van der Waals surface area contributed by atoms with Crippen LogP contribution in [0.2, 0.25) is 0 Å². The standard InChI is InChI=1S/C14H20N2O2/c1-2-18-13-4-3-7-15-14(13)16-10-5-6-11(16)9-12(17)8-10/h3-4,7,10-12,17H,2,5-6,8-9H2,1H3. The van der Waals surface area contributed by atoms with Gasteiger partial charge in [-0.2, -0.15) is 0 Å². The summed E-state index contributed by atoms with van der Waals surface area (Å²) in [6.07, 6.45) is 5.71. The molecule has 3 heterocycles. The van der Waals surface area contributed by atoms with Gasteiger partial charge in [-0.1, -0.05) is 0 Å². The third kappa shape index (κ3) is 1.94. The average Bonchev–Trinajstić information content (AvgIpc) is 2.63. The molecule has 1 aromatic rings. The van der Waals surface area contributed by atoms with E-state index in [4.69, 9.17) is 4.74 Å². The minimum absolute atomic E-state index is 0.141. The summed E-state index contributed by atoms with van der Waals surface area (Å²) in [5.41, 5.74) is 0. The molecule has 0 spiro atoms. The summed E-state index contributed by atoms with van der Waals surface area (Å²) < 4.78 is 5.67. The Labute approximate surface area is 108 Å². The van der Waals surface area contributed by atoms with Crippen LogP contribution in [0.25, 0.3) is 0 Å². The van der Waals surface area contributed by atoms with E-state index in [0.29, 0.717) is 18.7 Å². The number of anilines is 1. The Hall–Kier alpha value is -1.29. The van der Waals surface area contributed by atoms with Gasteiger partial charge in [0.25, 0.3) is 0 Å². The molecule has 18 heavy (non-hydrogen) atoms. The fourth-order valence-corrected chi connectivity index (χ4v) is 3.34. The maximum atomic E-state index is 9.85. The van der Waals surface area contributed by atoms with Crippen molar-refractivity contribution in [3.8, 4) is 5.75 Å². The first-order valence-electron chi connectivity index (χ1n) is 6.83. The van der Waals surface area contributed by atoms with Crippen molar-refractivity contribution in [1.29, 1.82) is 0 Å². The van der Waals surface area contributed by atoms with Crippen molar-refractivity contribution >= 4 is 5.82 Å². The molecule has 2 fully saturated rings. The molecule has 4 nitrogen and oxygen atoms in total. The van der Waals surface area contributed by atoms with Gasteiger partial charge in [-0.05, 0) is 44.7 Å². The van der Waals surface area contributed by atoms with Crippen LogP contribution in [0.3, 0.4) is 0 Å². The lowest BCUT2D eigenvalue weighted by Gasteiger charge is -2.38. The SMILES string of the molecule is CCOc1cccnc1N1C2CCC1CC(O)C2. The van der Waals surface area contributed by atoms with Gasteiger partial charge >= 0.3 is 0 Å². The van der Waals surface area contributed by atoms with Crippen LogP contribution in [0.15, 0.2) is 18.3 Å². The van der Waals surface area contributed by atoms with Gasteiger partial charge in [0.2, 0.25) is 0 Å². The number of aliphatic hydroxyl groups is 1. The lowest BCUT2D eigenvalue weighted by Crippen LogP contribution is -2.45. The van der Waals surface area contributed by atoms with Crippen LogP contribution in [0.4, 0.5) is 5.82 Å². The van der Waals surface area contributed by atoms with E-state index in [0.717, 1.165) is 37.3 Å². The molecule has 0 saturated carbocycles. The fourth-order valence-electron chi connectivity index (χ4n) is 3.34. The second-order valence-corrected chi connectivity index (χ2v) is 5.18. The number of nitrogens with zero attached hydrogens (tertiary/aromatic N) is 2. The van der Waals surface area contributed by atoms with Crippen molar-refractivity contribution < 1.29 is 9.84 Å². The maximum Gasteiger partial charge on any atom is 0.171 e. The molecule has 3 rings (SSSR count). The molecule has 2 bridgehead atoms.